The second-order valence-electron chi connectivity index (χ2n) is 5.39. The first-order valence-corrected chi connectivity index (χ1v) is 7.81. The first-order chi connectivity index (χ1) is 10.6. The van der Waals surface area contributed by atoms with Gasteiger partial charge < -0.3 is 9.47 Å². The van der Waals surface area contributed by atoms with E-state index in [2.05, 4.69) is 24.1 Å². The van der Waals surface area contributed by atoms with Gasteiger partial charge in [-0.15, -0.1) is 10.2 Å². The van der Waals surface area contributed by atoms with Gasteiger partial charge in [0.05, 0.1) is 17.8 Å². The topological polar surface area (TPSA) is 76.8 Å². The molecule has 0 N–H and O–H groups in total. The highest BCUT2D eigenvalue weighted by Gasteiger charge is 2.24. The van der Waals surface area contributed by atoms with Gasteiger partial charge in [-0.05, 0) is 31.4 Å². The van der Waals surface area contributed by atoms with Crippen molar-refractivity contribution in [3.63, 3.8) is 0 Å². The molecule has 0 radical (unpaired) electrons. The van der Waals surface area contributed by atoms with E-state index in [0.717, 1.165) is 34.1 Å². The lowest BCUT2D eigenvalue weighted by atomic mass is 10.2. The molecule has 0 bridgehead atoms. The van der Waals surface area contributed by atoms with E-state index in [1.165, 1.54) is 11.5 Å². The fraction of sp³-hybridized carbons (Fsp3) is 0.357. The number of rotatable bonds is 1. The molecule has 7 nitrogen and oxygen atoms in total. The quantitative estimate of drug-likeness (QED) is 0.681. The Morgan fingerprint density at radius 2 is 2.14 bits per heavy atom. The highest BCUT2D eigenvalue weighted by atomic mass is 32.1. The second-order valence-corrected chi connectivity index (χ2v) is 6.14. The number of amides is 1. The average Bonchev–Trinajstić information content (AvgIpc) is 3.10. The van der Waals surface area contributed by atoms with Crippen molar-refractivity contribution in [3.8, 4) is 0 Å². The molecule has 0 saturated heterocycles. The van der Waals surface area contributed by atoms with Gasteiger partial charge in [0.2, 0.25) is 0 Å². The smallest absolute Gasteiger partial charge is 0.255 e. The number of aryl methyl sites for hydroxylation is 2. The largest absolute Gasteiger partial charge is 0.329 e. The molecule has 0 fully saturated rings. The zero-order valence-corrected chi connectivity index (χ0v) is 13.1. The van der Waals surface area contributed by atoms with Gasteiger partial charge in [-0.25, -0.2) is 4.98 Å². The molecule has 4 heterocycles. The lowest BCUT2D eigenvalue weighted by Gasteiger charge is -2.27. The molecule has 112 valence electrons. The number of aromatic nitrogens is 5. The van der Waals surface area contributed by atoms with E-state index in [-0.39, 0.29) is 5.91 Å². The van der Waals surface area contributed by atoms with E-state index < -0.39 is 0 Å². The van der Waals surface area contributed by atoms with Gasteiger partial charge in [0.15, 0.2) is 5.82 Å². The van der Waals surface area contributed by atoms with Crippen molar-refractivity contribution in [3.05, 3.63) is 35.2 Å². The second kappa shape index (κ2) is 4.84. The Kier molecular flexibility index (Phi) is 2.93. The highest BCUT2D eigenvalue weighted by molar-refractivity contribution is 7.12. The van der Waals surface area contributed by atoms with Crippen molar-refractivity contribution in [2.45, 2.75) is 26.9 Å². The lowest BCUT2D eigenvalue weighted by Crippen LogP contribution is -2.38. The Hall–Kier alpha value is -2.35. The first kappa shape index (κ1) is 13.3. The minimum absolute atomic E-state index is 0.0214. The fourth-order valence-corrected chi connectivity index (χ4v) is 3.45. The third-order valence-corrected chi connectivity index (χ3v) is 4.85. The Labute approximate surface area is 130 Å². The molecular weight excluding hydrogens is 300 g/mol. The molecule has 8 heteroatoms. The molecule has 4 rings (SSSR count). The summed E-state index contributed by atoms with van der Waals surface area (Å²) in [5, 5.41) is 9.15. The molecule has 1 amide bonds. The SMILES string of the molecule is Cc1nsc2ncc(C(=O)N3CCn4c(C)nnc4C3)cc12. The van der Waals surface area contributed by atoms with Crippen LogP contribution >= 0.6 is 11.5 Å². The van der Waals surface area contributed by atoms with Crippen molar-refractivity contribution in [1.82, 2.24) is 29.0 Å². The molecule has 0 atom stereocenters. The summed E-state index contributed by atoms with van der Waals surface area (Å²) in [6.07, 6.45) is 1.63. The maximum absolute atomic E-state index is 12.7. The van der Waals surface area contributed by atoms with Gasteiger partial charge >= 0.3 is 0 Å². The van der Waals surface area contributed by atoms with E-state index in [1.807, 2.05) is 19.9 Å². The van der Waals surface area contributed by atoms with Crippen molar-refractivity contribution < 1.29 is 4.79 Å². The molecule has 1 aliphatic heterocycles. The maximum Gasteiger partial charge on any atom is 0.255 e. The van der Waals surface area contributed by atoms with Crippen LogP contribution < -0.4 is 0 Å². The van der Waals surface area contributed by atoms with Gasteiger partial charge in [-0.2, -0.15) is 4.37 Å². The predicted octanol–water partition coefficient (Wildman–Crippen LogP) is 1.56. The molecule has 22 heavy (non-hydrogen) atoms. The molecule has 0 unspecified atom stereocenters. The number of carbonyl (C=O) groups is 1. The Morgan fingerprint density at radius 3 is 3.00 bits per heavy atom. The molecule has 1 aliphatic rings. The molecule has 0 aliphatic carbocycles. The number of pyridine rings is 1. The molecule has 3 aromatic heterocycles. The van der Waals surface area contributed by atoms with Crippen LogP contribution in [0, 0.1) is 13.8 Å². The van der Waals surface area contributed by atoms with Gasteiger partial charge in [-0.1, -0.05) is 0 Å². The zero-order valence-electron chi connectivity index (χ0n) is 12.3. The van der Waals surface area contributed by atoms with Gasteiger partial charge in [-0.3, -0.25) is 4.79 Å². The monoisotopic (exact) mass is 314 g/mol. The van der Waals surface area contributed by atoms with Gasteiger partial charge in [0, 0.05) is 24.7 Å². The Balaban J connectivity index is 1.64. The van der Waals surface area contributed by atoms with Crippen LogP contribution in [0.2, 0.25) is 0 Å². The summed E-state index contributed by atoms with van der Waals surface area (Å²) in [4.78, 5) is 19.7. The van der Waals surface area contributed by atoms with Gasteiger partial charge in [0.25, 0.3) is 5.91 Å². The van der Waals surface area contributed by atoms with Crippen LogP contribution in [0.15, 0.2) is 12.3 Å². The zero-order chi connectivity index (χ0) is 15.3. The third-order valence-electron chi connectivity index (χ3n) is 3.98. The summed E-state index contributed by atoms with van der Waals surface area (Å²) in [5.74, 6) is 1.71. The molecule has 3 aromatic rings. The molecule has 0 aromatic carbocycles. The number of nitrogens with zero attached hydrogens (tertiary/aromatic N) is 6. The van der Waals surface area contributed by atoms with Crippen molar-refractivity contribution in [2.24, 2.45) is 0 Å². The van der Waals surface area contributed by atoms with Crippen LogP contribution in [-0.2, 0) is 13.1 Å². The summed E-state index contributed by atoms with van der Waals surface area (Å²) in [7, 11) is 0. The van der Waals surface area contributed by atoms with E-state index in [1.54, 1.807) is 11.1 Å². The maximum atomic E-state index is 12.7. The predicted molar refractivity (Wildman–Crippen MR) is 81.7 cm³/mol. The fourth-order valence-electron chi connectivity index (χ4n) is 2.72. The standard InChI is InChI=1S/C14H14N6OS/c1-8-11-5-10(6-15-13(11)22-18-8)14(21)19-3-4-20-9(2)16-17-12(20)7-19/h5-6H,3-4,7H2,1-2H3. The van der Waals surface area contributed by atoms with E-state index in [9.17, 15) is 4.79 Å². The highest BCUT2D eigenvalue weighted by Crippen LogP contribution is 2.22. The van der Waals surface area contributed by atoms with E-state index in [0.29, 0.717) is 18.7 Å². The number of fused-ring (bicyclic) bond motifs is 2. The van der Waals surface area contributed by atoms with Crippen LogP contribution in [0.1, 0.15) is 27.7 Å². The number of hydrogen-bond donors (Lipinski definition) is 0. The lowest BCUT2D eigenvalue weighted by molar-refractivity contribution is 0.0706. The molecule has 0 spiro atoms. The van der Waals surface area contributed by atoms with Crippen LogP contribution in [0.25, 0.3) is 10.2 Å². The summed E-state index contributed by atoms with van der Waals surface area (Å²) >= 11 is 1.36. The Bertz CT molecular complexity index is 883. The van der Waals surface area contributed by atoms with Crippen LogP contribution in [0.4, 0.5) is 0 Å². The Morgan fingerprint density at radius 1 is 1.27 bits per heavy atom. The normalized spacial score (nSPS) is 14.4. The summed E-state index contributed by atoms with van der Waals surface area (Å²) in [5.41, 5.74) is 1.51. The van der Waals surface area contributed by atoms with Crippen molar-refractivity contribution in [2.75, 3.05) is 6.54 Å². The summed E-state index contributed by atoms with van der Waals surface area (Å²) in [6, 6.07) is 1.88. The van der Waals surface area contributed by atoms with Crippen LogP contribution in [0.3, 0.4) is 0 Å². The van der Waals surface area contributed by atoms with Crippen molar-refractivity contribution >= 4 is 27.7 Å². The third kappa shape index (κ3) is 1.98. The van der Waals surface area contributed by atoms with Crippen LogP contribution in [0.5, 0.6) is 0 Å². The van der Waals surface area contributed by atoms with E-state index >= 15 is 0 Å². The van der Waals surface area contributed by atoms with Gasteiger partial charge in [0.1, 0.15) is 10.7 Å². The summed E-state index contributed by atoms with van der Waals surface area (Å²) < 4.78 is 6.33. The minimum atomic E-state index is -0.0214. The molecular formula is C14H14N6OS. The number of carbonyl (C=O) groups excluding carboxylic acids is 1. The average molecular weight is 314 g/mol. The first-order valence-electron chi connectivity index (χ1n) is 7.03. The molecule has 0 saturated carbocycles. The number of hydrogen-bond acceptors (Lipinski definition) is 6. The minimum Gasteiger partial charge on any atom is -0.329 e. The van der Waals surface area contributed by atoms with E-state index in [4.69, 9.17) is 0 Å². The summed E-state index contributed by atoms with van der Waals surface area (Å²) in [6.45, 7) is 5.73. The van der Waals surface area contributed by atoms with Crippen molar-refractivity contribution in [1.29, 1.82) is 0 Å². The van der Waals surface area contributed by atoms with Crippen LogP contribution in [-0.4, -0.2) is 41.5 Å².